The Morgan fingerprint density at radius 1 is 1.14 bits per heavy atom. The second kappa shape index (κ2) is 6.65. The molecule has 2 aromatic rings. The van der Waals surface area contributed by atoms with Crippen molar-refractivity contribution in [1.82, 2.24) is 0 Å². The Labute approximate surface area is 122 Å². The Hall–Kier alpha value is -2.69. The summed E-state index contributed by atoms with van der Waals surface area (Å²) in [5, 5.41) is 10.6. The summed E-state index contributed by atoms with van der Waals surface area (Å²) in [5.41, 5.74) is 0.858. The summed E-state index contributed by atoms with van der Waals surface area (Å²) < 4.78 is 5.30. The minimum Gasteiger partial charge on any atom is -0.426 e. The molecule has 0 saturated heterocycles. The second-order valence-electron chi connectivity index (χ2n) is 4.54. The first-order valence-electron chi connectivity index (χ1n) is 6.63. The molecular weight excluding hydrogens is 270 g/mol. The summed E-state index contributed by atoms with van der Waals surface area (Å²) in [6.07, 6.45) is 0.621. The largest absolute Gasteiger partial charge is 0.426 e. The minimum absolute atomic E-state index is 0.0371. The number of carbonyl (C=O) groups excluding carboxylic acids is 1. The molecular formula is C16H15NO4. The van der Waals surface area contributed by atoms with Gasteiger partial charge >= 0.3 is 5.97 Å². The van der Waals surface area contributed by atoms with E-state index in [1.54, 1.807) is 0 Å². The number of benzene rings is 2. The molecule has 0 aliphatic rings. The third kappa shape index (κ3) is 3.66. The van der Waals surface area contributed by atoms with E-state index in [9.17, 15) is 14.9 Å². The Morgan fingerprint density at radius 3 is 2.29 bits per heavy atom. The molecule has 0 amide bonds. The lowest BCUT2D eigenvalue weighted by Crippen LogP contribution is -2.18. The highest BCUT2D eigenvalue weighted by Crippen LogP contribution is 2.23. The molecule has 0 saturated carbocycles. The molecule has 2 aromatic carbocycles. The number of rotatable bonds is 5. The maximum absolute atomic E-state index is 12.2. The number of nitro benzene ring substituents is 1. The van der Waals surface area contributed by atoms with Gasteiger partial charge < -0.3 is 4.74 Å². The van der Waals surface area contributed by atoms with Gasteiger partial charge in [0, 0.05) is 12.1 Å². The third-order valence-electron chi connectivity index (χ3n) is 3.16. The number of esters is 1. The normalized spacial score (nSPS) is 11.7. The first-order valence-corrected chi connectivity index (χ1v) is 6.63. The van der Waals surface area contributed by atoms with Gasteiger partial charge in [-0.25, -0.2) is 0 Å². The third-order valence-corrected chi connectivity index (χ3v) is 3.16. The fourth-order valence-corrected chi connectivity index (χ4v) is 2.05. The van der Waals surface area contributed by atoms with Gasteiger partial charge in [0.15, 0.2) is 0 Å². The van der Waals surface area contributed by atoms with Gasteiger partial charge in [0.05, 0.1) is 10.8 Å². The van der Waals surface area contributed by atoms with Crippen molar-refractivity contribution >= 4 is 11.7 Å². The standard InChI is InChI=1S/C16H15NO4/c1-2-15(12-6-4-3-5-7-12)16(18)21-14-10-8-13(9-11-14)17(19)20/h3-11,15H,2H2,1H3. The van der Waals surface area contributed by atoms with Crippen molar-refractivity contribution in [3.05, 3.63) is 70.3 Å². The molecule has 0 bridgehead atoms. The van der Waals surface area contributed by atoms with E-state index in [0.29, 0.717) is 12.2 Å². The summed E-state index contributed by atoms with van der Waals surface area (Å²) >= 11 is 0. The Balaban J connectivity index is 2.11. The summed E-state index contributed by atoms with van der Waals surface area (Å²) in [5.74, 6) is -0.404. The average molecular weight is 285 g/mol. The van der Waals surface area contributed by atoms with Crippen LogP contribution in [0.25, 0.3) is 0 Å². The predicted molar refractivity (Wildman–Crippen MR) is 78.2 cm³/mol. The lowest BCUT2D eigenvalue weighted by atomic mass is 9.97. The predicted octanol–water partition coefficient (Wildman–Crippen LogP) is 3.69. The molecule has 0 aromatic heterocycles. The van der Waals surface area contributed by atoms with Gasteiger partial charge in [-0.05, 0) is 24.1 Å². The molecule has 0 fully saturated rings. The SMILES string of the molecule is CCC(C(=O)Oc1ccc([N+](=O)[O-])cc1)c1ccccc1. The second-order valence-corrected chi connectivity index (χ2v) is 4.54. The van der Waals surface area contributed by atoms with Crippen molar-refractivity contribution in [3.8, 4) is 5.75 Å². The number of hydrogen-bond acceptors (Lipinski definition) is 4. The highest BCUT2D eigenvalue weighted by atomic mass is 16.6. The van der Waals surface area contributed by atoms with Crippen LogP contribution in [0.4, 0.5) is 5.69 Å². The lowest BCUT2D eigenvalue weighted by molar-refractivity contribution is -0.384. The summed E-state index contributed by atoms with van der Waals surface area (Å²) in [4.78, 5) is 22.3. The molecule has 1 unspecified atom stereocenters. The number of nitro groups is 1. The van der Waals surface area contributed by atoms with E-state index in [1.165, 1.54) is 24.3 Å². The number of hydrogen-bond donors (Lipinski definition) is 0. The van der Waals surface area contributed by atoms with Crippen LogP contribution < -0.4 is 4.74 Å². The lowest BCUT2D eigenvalue weighted by Gasteiger charge is -2.14. The van der Waals surface area contributed by atoms with Crippen LogP contribution in [0.15, 0.2) is 54.6 Å². The number of non-ortho nitro benzene ring substituents is 1. The highest BCUT2D eigenvalue weighted by Gasteiger charge is 2.20. The van der Waals surface area contributed by atoms with Crippen molar-refractivity contribution in [1.29, 1.82) is 0 Å². The maximum atomic E-state index is 12.2. The zero-order valence-electron chi connectivity index (χ0n) is 11.6. The Bertz CT molecular complexity index is 622. The fraction of sp³-hybridized carbons (Fsp3) is 0.188. The molecule has 2 rings (SSSR count). The van der Waals surface area contributed by atoms with E-state index in [1.807, 2.05) is 37.3 Å². The van der Waals surface area contributed by atoms with Gasteiger partial charge in [-0.15, -0.1) is 0 Å². The summed E-state index contributed by atoms with van der Waals surface area (Å²) in [6, 6.07) is 14.9. The van der Waals surface area contributed by atoms with Crippen molar-refractivity contribution < 1.29 is 14.5 Å². The molecule has 0 aliphatic carbocycles. The van der Waals surface area contributed by atoms with Crippen LogP contribution in [0.2, 0.25) is 0 Å². The minimum atomic E-state index is -0.496. The van der Waals surface area contributed by atoms with Crippen molar-refractivity contribution in [3.63, 3.8) is 0 Å². The van der Waals surface area contributed by atoms with E-state index < -0.39 is 4.92 Å². The molecule has 21 heavy (non-hydrogen) atoms. The van der Waals surface area contributed by atoms with Crippen LogP contribution in [0.1, 0.15) is 24.8 Å². The summed E-state index contributed by atoms with van der Waals surface area (Å²) in [6.45, 7) is 1.91. The van der Waals surface area contributed by atoms with Gasteiger partial charge in [0.25, 0.3) is 5.69 Å². The summed E-state index contributed by atoms with van der Waals surface area (Å²) in [7, 11) is 0. The van der Waals surface area contributed by atoms with E-state index in [0.717, 1.165) is 5.56 Å². The first kappa shape index (κ1) is 14.7. The number of carbonyl (C=O) groups is 1. The molecule has 0 N–H and O–H groups in total. The van der Waals surface area contributed by atoms with Crippen LogP contribution in [-0.4, -0.2) is 10.9 Å². The van der Waals surface area contributed by atoms with Gasteiger partial charge in [0.1, 0.15) is 5.75 Å². The van der Waals surface area contributed by atoms with E-state index in [-0.39, 0.29) is 17.6 Å². The maximum Gasteiger partial charge on any atom is 0.318 e. The first-order chi connectivity index (χ1) is 10.1. The van der Waals surface area contributed by atoms with Gasteiger partial charge in [-0.2, -0.15) is 0 Å². The molecule has 1 atom stereocenters. The molecule has 0 radical (unpaired) electrons. The quantitative estimate of drug-likeness (QED) is 0.363. The Morgan fingerprint density at radius 2 is 1.76 bits per heavy atom. The van der Waals surface area contributed by atoms with Crippen LogP contribution >= 0.6 is 0 Å². The number of ether oxygens (including phenoxy) is 1. The monoisotopic (exact) mass is 285 g/mol. The fourth-order valence-electron chi connectivity index (χ4n) is 2.05. The topological polar surface area (TPSA) is 69.4 Å². The van der Waals surface area contributed by atoms with E-state index >= 15 is 0 Å². The van der Waals surface area contributed by atoms with Crippen LogP contribution in [0.5, 0.6) is 5.75 Å². The van der Waals surface area contributed by atoms with Crippen LogP contribution in [0.3, 0.4) is 0 Å². The highest BCUT2D eigenvalue weighted by molar-refractivity contribution is 5.80. The molecule has 0 heterocycles. The molecule has 108 valence electrons. The molecule has 0 spiro atoms. The molecule has 0 aliphatic heterocycles. The smallest absolute Gasteiger partial charge is 0.318 e. The van der Waals surface area contributed by atoms with E-state index in [4.69, 9.17) is 4.74 Å². The van der Waals surface area contributed by atoms with Gasteiger partial charge in [-0.3, -0.25) is 14.9 Å². The van der Waals surface area contributed by atoms with Crippen LogP contribution in [0, 0.1) is 10.1 Å². The molecule has 5 heteroatoms. The van der Waals surface area contributed by atoms with E-state index in [2.05, 4.69) is 0 Å². The number of nitrogens with zero attached hydrogens (tertiary/aromatic N) is 1. The van der Waals surface area contributed by atoms with Crippen LogP contribution in [-0.2, 0) is 4.79 Å². The Kier molecular flexibility index (Phi) is 4.66. The van der Waals surface area contributed by atoms with Crippen molar-refractivity contribution in [2.75, 3.05) is 0 Å². The van der Waals surface area contributed by atoms with Crippen molar-refractivity contribution in [2.45, 2.75) is 19.3 Å². The van der Waals surface area contributed by atoms with Crippen molar-refractivity contribution in [2.24, 2.45) is 0 Å². The average Bonchev–Trinajstić information content (AvgIpc) is 2.49. The zero-order valence-corrected chi connectivity index (χ0v) is 11.6. The molecule has 5 nitrogen and oxygen atoms in total. The van der Waals surface area contributed by atoms with Gasteiger partial charge in [-0.1, -0.05) is 37.3 Å². The van der Waals surface area contributed by atoms with Gasteiger partial charge in [0.2, 0.25) is 0 Å². The zero-order chi connectivity index (χ0) is 15.2.